The Hall–Kier alpha value is -0.860. The zero-order chi connectivity index (χ0) is 13.2. The molecule has 0 aromatic carbocycles. The van der Waals surface area contributed by atoms with Gasteiger partial charge in [0.25, 0.3) is 0 Å². The molecule has 1 atom stereocenters. The molecule has 102 valence electrons. The molecule has 0 bridgehead atoms. The minimum absolute atomic E-state index is 0.238. The molecular formula is C16H26O2. The fourth-order valence-electron chi connectivity index (χ4n) is 1.93. The van der Waals surface area contributed by atoms with Gasteiger partial charge in [-0.3, -0.25) is 0 Å². The summed E-state index contributed by atoms with van der Waals surface area (Å²) in [6.45, 7) is 5.75. The van der Waals surface area contributed by atoms with E-state index in [4.69, 9.17) is 9.47 Å². The van der Waals surface area contributed by atoms with Crippen molar-refractivity contribution in [3.05, 3.63) is 35.5 Å². The lowest BCUT2D eigenvalue weighted by Crippen LogP contribution is -2.06. The average molecular weight is 250 g/mol. The molecule has 1 aliphatic heterocycles. The van der Waals surface area contributed by atoms with Crippen LogP contribution in [0.2, 0.25) is 0 Å². The first-order chi connectivity index (χ1) is 8.72. The van der Waals surface area contributed by atoms with Crippen molar-refractivity contribution in [2.24, 2.45) is 0 Å². The van der Waals surface area contributed by atoms with E-state index in [1.54, 1.807) is 7.11 Å². The molecule has 18 heavy (non-hydrogen) atoms. The van der Waals surface area contributed by atoms with Crippen molar-refractivity contribution in [3.63, 3.8) is 0 Å². The first-order valence-electron chi connectivity index (χ1n) is 6.81. The third-order valence-electron chi connectivity index (χ3n) is 3.18. The van der Waals surface area contributed by atoms with Crippen LogP contribution in [0.4, 0.5) is 0 Å². The van der Waals surface area contributed by atoms with Gasteiger partial charge in [0.15, 0.2) is 0 Å². The Bertz CT molecular complexity index is 313. The Morgan fingerprint density at radius 1 is 1.17 bits per heavy atom. The molecule has 2 heteroatoms. The topological polar surface area (TPSA) is 18.5 Å². The highest BCUT2D eigenvalue weighted by Gasteiger charge is 2.01. The lowest BCUT2D eigenvalue weighted by atomic mass is 10.1. The Morgan fingerprint density at radius 2 is 2.00 bits per heavy atom. The lowest BCUT2D eigenvalue weighted by Gasteiger charge is -2.10. The van der Waals surface area contributed by atoms with Crippen LogP contribution in [0.5, 0.6) is 0 Å². The van der Waals surface area contributed by atoms with E-state index in [2.05, 4.69) is 38.2 Å². The van der Waals surface area contributed by atoms with E-state index >= 15 is 0 Å². The van der Waals surface area contributed by atoms with Crippen molar-refractivity contribution >= 4 is 0 Å². The van der Waals surface area contributed by atoms with Crippen molar-refractivity contribution in [1.82, 2.24) is 0 Å². The predicted octanol–water partition coefficient (Wildman–Crippen LogP) is 4.04. The molecule has 1 unspecified atom stereocenters. The second-order valence-electron chi connectivity index (χ2n) is 4.93. The molecular weight excluding hydrogens is 224 g/mol. The van der Waals surface area contributed by atoms with Gasteiger partial charge in [0.1, 0.15) is 0 Å². The lowest BCUT2D eigenvalue weighted by molar-refractivity contribution is 0.134. The third-order valence-corrected chi connectivity index (χ3v) is 3.18. The first-order valence-corrected chi connectivity index (χ1v) is 6.81. The van der Waals surface area contributed by atoms with Gasteiger partial charge in [-0.15, -0.1) is 0 Å². The first kappa shape index (κ1) is 15.2. The van der Waals surface area contributed by atoms with Crippen LogP contribution in [0.15, 0.2) is 35.5 Å². The minimum Gasteiger partial charge on any atom is -0.377 e. The van der Waals surface area contributed by atoms with E-state index in [1.165, 1.54) is 11.1 Å². The zero-order valence-electron chi connectivity index (χ0n) is 11.9. The SMILES string of the molecule is COC1/C=C/CC/C(C)=C\COC/C(C)=C\CC1. The van der Waals surface area contributed by atoms with Gasteiger partial charge in [0.2, 0.25) is 0 Å². The highest BCUT2D eigenvalue weighted by atomic mass is 16.5. The van der Waals surface area contributed by atoms with Crippen LogP contribution in [0.25, 0.3) is 0 Å². The number of rotatable bonds is 1. The number of allylic oxidation sites excluding steroid dienone is 3. The zero-order valence-corrected chi connectivity index (χ0v) is 11.9. The monoisotopic (exact) mass is 250 g/mol. The van der Waals surface area contributed by atoms with Crippen LogP contribution in [0, 0.1) is 0 Å². The van der Waals surface area contributed by atoms with E-state index in [0.717, 1.165) is 38.9 Å². The summed E-state index contributed by atoms with van der Waals surface area (Å²) in [6, 6.07) is 0. The fraction of sp³-hybridized carbons (Fsp3) is 0.625. The standard InChI is InChI=1S/C16H26O2/c1-14-7-4-5-9-16(17-3)10-6-8-15(2)13-18-12-11-14/h5,8-9,11,16H,4,6-7,10,12-13H2,1-3H3/b9-5+,14-11-,15-8-. The molecule has 0 N–H and O–H groups in total. The van der Waals surface area contributed by atoms with Crippen LogP contribution in [0.3, 0.4) is 0 Å². The van der Waals surface area contributed by atoms with Crippen LogP contribution in [-0.4, -0.2) is 26.4 Å². The second-order valence-corrected chi connectivity index (χ2v) is 4.93. The number of hydrogen-bond acceptors (Lipinski definition) is 2. The van der Waals surface area contributed by atoms with Crippen LogP contribution in [0.1, 0.15) is 39.5 Å². The molecule has 0 fully saturated rings. The van der Waals surface area contributed by atoms with Crippen LogP contribution in [-0.2, 0) is 9.47 Å². The minimum atomic E-state index is 0.238. The van der Waals surface area contributed by atoms with Crippen molar-refractivity contribution in [1.29, 1.82) is 0 Å². The van der Waals surface area contributed by atoms with Gasteiger partial charge in [-0.25, -0.2) is 0 Å². The summed E-state index contributed by atoms with van der Waals surface area (Å²) in [5.41, 5.74) is 2.70. The average Bonchev–Trinajstić information content (AvgIpc) is 2.36. The van der Waals surface area contributed by atoms with E-state index in [9.17, 15) is 0 Å². The largest absolute Gasteiger partial charge is 0.377 e. The predicted molar refractivity (Wildman–Crippen MR) is 76.7 cm³/mol. The van der Waals surface area contributed by atoms with Gasteiger partial charge in [0, 0.05) is 7.11 Å². The van der Waals surface area contributed by atoms with Gasteiger partial charge in [0.05, 0.1) is 19.3 Å². The summed E-state index contributed by atoms with van der Waals surface area (Å²) < 4.78 is 11.1. The van der Waals surface area contributed by atoms with Gasteiger partial charge in [-0.05, 0) is 39.5 Å². The summed E-state index contributed by atoms with van der Waals surface area (Å²) in [4.78, 5) is 0. The maximum Gasteiger partial charge on any atom is 0.0755 e. The molecule has 0 saturated carbocycles. The normalized spacial score (nSPS) is 31.6. The molecule has 0 radical (unpaired) electrons. The Kier molecular flexibility index (Phi) is 7.70. The fourth-order valence-corrected chi connectivity index (χ4v) is 1.93. The van der Waals surface area contributed by atoms with Crippen LogP contribution < -0.4 is 0 Å². The molecule has 0 aromatic heterocycles. The van der Waals surface area contributed by atoms with Gasteiger partial charge in [-0.2, -0.15) is 0 Å². The number of methoxy groups -OCH3 is 1. The Labute approximate surface area is 111 Å². The van der Waals surface area contributed by atoms with Gasteiger partial charge < -0.3 is 9.47 Å². The molecule has 0 spiro atoms. The van der Waals surface area contributed by atoms with Gasteiger partial charge >= 0.3 is 0 Å². The van der Waals surface area contributed by atoms with E-state index in [0.29, 0.717) is 0 Å². The summed E-state index contributed by atoms with van der Waals surface area (Å²) >= 11 is 0. The Morgan fingerprint density at radius 3 is 2.78 bits per heavy atom. The maximum atomic E-state index is 5.62. The highest BCUT2D eigenvalue weighted by molar-refractivity contribution is 5.03. The molecule has 0 amide bonds. The van der Waals surface area contributed by atoms with E-state index in [1.807, 2.05) is 0 Å². The third kappa shape index (κ3) is 6.77. The van der Waals surface area contributed by atoms with Crippen molar-refractivity contribution in [2.45, 2.75) is 45.6 Å². The van der Waals surface area contributed by atoms with Crippen molar-refractivity contribution in [3.8, 4) is 0 Å². The number of ether oxygens (including phenoxy) is 2. The molecule has 1 heterocycles. The molecule has 0 saturated heterocycles. The molecule has 1 aliphatic rings. The molecule has 0 aromatic rings. The second kappa shape index (κ2) is 9.12. The summed E-state index contributed by atoms with van der Waals surface area (Å²) in [5, 5.41) is 0. The Balaban J connectivity index is 2.59. The summed E-state index contributed by atoms with van der Waals surface area (Å²) in [6.07, 6.45) is 13.4. The van der Waals surface area contributed by atoms with Gasteiger partial charge in [-0.1, -0.05) is 35.5 Å². The quantitative estimate of drug-likeness (QED) is 0.654. The van der Waals surface area contributed by atoms with Crippen molar-refractivity contribution < 1.29 is 9.47 Å². The van der Waals surface area contributed by atoms with E-state index < -0.39 is 0 Å². The van der Waals surface area contributed by atoms with Crippen LogP contribution >= 0.6 is 0 Å². The van der Waals surface area contributed by atoms with Crippen molar-refractivity contribution in [2.75, 3.05) is 20.3 Å². The molecule has 0 aliphatic carbocycles. The summed E-state index contributed by atoms with van der Waals surface area (Å²) in [5.74, 6) is 0. The highest BCUT2D eigenvalue weighted by Crippen LogP contribution is 2.10. The molecule has 2 nitrogen and oxygen atoms in total. The molecule has 1 rings (SSSR count). The van der Waals surface area contributed by atoms with E-state index in [-0.39, 0.29) is 6.10 Å². The number of hydrogen-bond donors (Lipinski definition) is 0. The summed E-state index contributed by atoms with van der Waals surface area (Å²) in [7, 11) is 1.78. The smallest absolute Gasteiger partial charge is 0.0755 e. The maximum absolute atomic E-state index is 5.62.